The monoisotopic (exact) mass is 296 g/mol. The van der Waals surface area contributed by atoms with Crippen molar-refractivity contribution >= 4 is 35.0 Å². The van der Waals surface area contributed by atoms with Gasteiger partial charge in [0.1, 0.15) is 0 Å². The van der Waals surface area contributed by atoms with Crippen LogP contribution in [0.1, 0.15) is 17.3 Å². The summed E-state index contributed by atoms with van der Waals surface area (Å²) < 4.78 is 31.0. The number of rotatable bonds is 4. The third-order valence-electron chi connectivity index (χ3n) is 1.94. The fourth-order valence-corrected chi connectivity index (χ4v) is 1.71. The van der Waals surface area contributed by atoms with Crippen LogP contribution < -0.4 is 0 Å². The number of esters is 1. The fourth-order valence-electron chi connectivity index (χ4n) is 1.18. The van der Waals surface area contributed by atoms with Gasteiger partial charge in [-0.1, -0.05) is 23.2 Å². The molecule has 0 aromatic heterocycles. The molecule has 0 amide bonds. The molecule has 1 rings (SSSR count). The van der Waals surface area contributed by atoms with Gasteiger partial charge in [-0.05, 0) is 25.1 Å². The second-order valence-corrected chi connectivity index (χ2v) is 4.15. The van der Waals surface area contributed by atoms with Crippen molar-refractivity contribution in [3.05, 3.63) is 33.8 Å². The van der Waals surface area contributed by atoms with Gasteiger partial charge < -0.3 is 4.74 Å². The Balaban J connectivity index is 3.09. The number of hydrogen-bond acceptors (Lipinski definition) is 3. The minimum Gasteiger partial charge on any atom is -0.461 e. The molecule has 0 heterocycles. The molecule has 0 spiro atoms. The second-order valence-electron chi connectivity index (χ2n) is 3.28. The Bertz CT molecular complexity index is 469. The van der Waals surface area contributed by atoms with Gasteiger partial charge in [-0.15, -0.1) is 0 Å². The van der Waals surface area contributed by atoms with E-state index in [1.54, 1.807) is 0 Å². The molecule has 1 aromatic rings. The van der Waals surface area contributed by atoms with Crippen molar-refractivity contribution in [1.29, 1.82) is 0 Å². The number of benzene rings is 1. The minimum absolute atomic E-state index is 0.0190. The number of alkyl halides is 2. The molecule has 0 N–H and O–H groups in total. The molecule has 0 aliphatic carbocycles. The number of carbonyl (C=O) groups excluding carboxylic acids is 2. The largest absolute Gasteiger partial charge is 0.461 e. The second kappa shape index (κ2) is 5.63. The molecule has 0 saturated carbocycles. The van der Waals surface area contributed by atoms with Gasteiger partial charge in [0.2, 0.25) is 5.78 Å². The Morgan fingerprint density at radius 2 is 1.72 bits per heavy atom. The molecule has 0 radical (unpaired) electrons. The van der Waals surface area contributed by atoms with Crippen molar-refractivity contribution in [2.24, 2.45) is 0 Å². The van der Waals surface area contributed by atoms with Crippen LogP contribution in [0.25, 0.3) is 0 Å². The molecule has 1 aromatic carbocycles. The third kappa shape index (κ3) is 3.17. The summed E-state index contributed by atoms with van der Waals surface area (Å²) in [4.78, 5) is 22.5. The predicted molar refractivity (Wildman–Crippen MR) is 62.4 cm³/mol. The summed E-state index contributed by atoms with van der Waals surface area (Å²) in [6.45, 7) is 1.10. The molecular formula is C11H8Cl2F2O3. The summed E-state index contributed by atoms with van der Waals surface area (Å²) in [5, 5.41) is 0.0380. The Labute approximate surface area is 112 Å². The van der Waals surface area contributed by atoms with E-state index in [2.05, 4.69) is 4.74 Å². The van der Waals surface area contributed by atoms with E-state index in [-0.39, 0.29) is 16.7 Å². The van der Waals surface area contributed by atoms with Crippen LogP contribution in [0.15, 0.2) is 18.2 Å². The quantitative estimate of drug-likeness (QED) is 0.486. The van der Waals surface area contributed by atoms with E-state index in [4.69, 9.17) is 23.2 Å². The summed E-state index contributed by atoms with van der Waals surface area (Å²) in [5.41, 5.74) is -0.453. The Hall–Kier alpha value is -1.20. The summed E-state index contributed by atoms with van der Waals surface area (Å²) in [7, 11) is 0. The van der Waals surface area contributed by atoms with E-state index in [9.17, 15) is 18.4 Å². The van der Waals surface area contributed by atoms with Crippen molar-refractivity contribution in [3.8, 4) is 0 Å². The van der Waals surface area contributed by atoms with Crippen molar-refractivity contribution in [2.45, 2.75) is 12.8 Å². The first-order chi connectivity index (χ1) is 8.28. The zero-order valence-electron chi connectivity index (χ0n) is 9.18. The van der Waals surface area contributed by atoms with Gasteiger partial charge in [-0.2, -0.15) is 8.78 Å². The predicted octanol–water partition coefficient (Wildman–Crippen LogP) is 3.37. The molecule has 3 nitrogen and oxygen atoms in total. The van der Waals surface area contributed by atoms with E-state index < -0.39 is 23.2 Å². The molecule has 7 heteroatoms. The molecule has 18 heavy (non-hydrogen) atoms. The van der Waals surface area contributed by atoms with Crippen LogP contribution in [0, 0.1) is 0 Å². The molecule has 0 aliphatic rings. The lowest BCUT2D eigenvalue weighted by molar-refractivity contribution is -0.164. The Morgan fingerprint density at radius 1 is 1.22 bits per heavy atom. The highest BCUT2D eigenvalue weighted by molar-refractivity contribution is 6.35. The van der Waals surface area contributed by atoms with Crippen LogP contribution >= 0.6 is 23.2 Å². The maximum absolute atomic E-state index is 13.4. The number of hydrogen-bond donors (Lipinski definition) is 0. The number of ketones is 1. The molecule has 98 valence electrons. The van der Waals surface area contributed by atoms with Crippen LogP contribution in [0.3, 0.4) is 0 Å². The highest BCUT2D eigenvalue weighted by Crippen LogP contribution is 2.26. The van der Waals surface area contributed by atoms with Gasteiger partial charge in [0, 0.05) is 15.6 Å². The van der Waals surface area contributed by atoms with Crippen molar-refractivity contribution < 1.29 is 23.1 Å². The summed E-state index contributed by atoms with van der Waals surface area (Å²) in [6.07, 6.45) is 0. The first-order valence-electron chi connectivity index (χ1n) is 4.85. The van der Waals surface area contributed by atoms with Gasteiger partial charge in [-0.3, -0.25) is 4.79 Å². The van der Waals surface area contributed by atoms with Crippen molar-refractivity contribution in [3.63, 3.8) is 0 Å². The van der Waals surface area contributed by atoms with Crippen LogP contribution in [0.5, 0.6) is 0 Å². The van der Waals surface area contributed by atoms with Gasteiger partial charge in [-0.25, -0.2) is 4.79 Å². The third-order valence-corrected chi connectivity index (χ3v) is 2.38. The lowest BCUT2D eigenvalue weighted by atomic mass is 10.1. The average Bonchev–Trinajstić information content (AvgIpc) is 2.26. The maximum atomic E-state index is 13.4. The lowest BCUT2D eigenvalue weighted by Crippen LogP contribution is -2.39. The topological polar surface area (TPSA) is 43.4 Å². The number of ether oxygens (including phenoxy) is 1. The number of halogens is 4. The minimum atomic E-state index is -4.26. The van der Waals surface area contributed by atoms with Crippen LogP contribution in [-0.2, 0) is 9.53 Å². The molecule has 0 bridgehead atoms. The first kappa shape index (κ1) is 14.9. The van der Waals surface area contributed by atoms with Gasteiger partial charge in [0.15, 0.2) is 0 Å². The molecule has 0 atom stereocenters. The van der Waals surface area contributed by atoms with Crippen molar-refractivity contribution in [1.82, 2.24) is 0 Å². The lowest BCUT2D eigenvalue weighted by Gasteiger charge is -2.13. The fraction of sp³-hybridized carbons (Fsp3) is 0.273. The van der Waals surface area contributed by atoms with Gasteiger partial charge in [0.05, 0.1) is 6.61 Å². The zero-order chi connectivity index (χ0) is 13.9. The number of carbonyl (C=O) groups is 2. The normalized spacial score (nSPS) is 11.2. The first-order valence-corrected chi connectivity index (χ1v) is 5.60. The van der Waals surface area contributed by atoms with E-state index in [0.29, 0.717) is 0 Å². The zero-order valence-corrected chi connectivity index (χ0v) is 10.7. The van der Waals surface area contributed by atoms with E-state index in [0.717, 1.165) is 12.1 Å². The highest BCUT2D eigenvalue weighted by atomic mass is 35.5. The molecule has 0 aliphatic heterocycles. The van der Waals surface area contributed by atoms with Crippen LogP contribution in [-0.4, -0.2) is 24.3 Å². The summed E-state index contributed by atoms with van der Waals surface area (Å²) in [6, 6.07) is 3.29. The van der Waals surface area contributed by atoms with Crippen LogP contribution in [0.2, 0.25) is 10.0 Å². The molecular weight excluding hydrogens is 289 g/mol. The van der Waals surface area contributed by atoms with Crippen molar-refractivity contribution in [2.75, 3.05) is 6.61 Å². The van der Waals surface area contributed by atoms with E-state index in [1.807, 2.05) is 0 Å². The SMILES string of the molecule is CCOC(=O)C(F)(F)C(=O)c1cc(Cl)cc(Cl)c1. The maximum Gasteiger partial charge on any atom is 0.404 e. The standard InChI is InChI=1S/C11H8Cl2F2O3/c1-2-18-10(17)11(14,15)9(16)6-3-7(12)5-8(13)4-6/h3-5H,2H2,1H3. The highest BCUT2D eigenvalue weighted by Gasteiger charge is 2.49. The van der Waals surface area contributed by atoms with Gasteiger partial charge >= 0.3 is 11.9 Å². The summed E-state index contributed by atoms with van der Waals surface area (Å²) in [5.74, 6) is -7.86. The molecule has 0 fully saturated rings. The summed E-state index contributed by atoms with van der Waals surface area (Å²) >= 11 is 11.2. The van der Waals surface area contributed by atoms with Gasteiger partial charge in [0.25, 0.3) is 0 Å². The van der Waals surface area contributed by atoms with E-state index >= 15 is 0 Å². The average molecular weight is 297 g/mol. The van der Waals surface area contributed by atoms with Crippen LogP contribution in [0.4, 0.5) is 8.78 Å². The van der Waals surface area contributed by atoms with E-state index in [1.165, 1.54) is 13.0 Å². The Kier molecular flexibility index (Phi) is 4.65. The molecule has 0 saturated heterocycles. The molecule has 0 unspecified atom stereocenters. The Morgan fingerprint density at radius 3 is 2.17 bits per heavy atom. The number of Topliss-reactive ketones (excluding diaryl/α,β-unsaturated/α-hetero) is 1. The smallest absolute Gasteiger partial charge is 0.404 e.